The van der Waals surface area contributed by atoms with Crippen LogP contribution in [0.1, 0.15) is 71.6 Å². The van der Waals surface area contributed by atoms with Gasteiger partial charge in [-0.05, 0) is 24.7 Å². The molecule has 2 rings (SSSR count). The quantitative estimate of drug-likeness (QED) is 0.657. The van der Waals surface area contributed by atoms with E-state index in [4.69, 9.17) is 9.47 Å². The summed E-state index contributed by atoms with van der Waals surface area (Å²) in [6, 6.07) is 0. The second-order valence-corrected chi connectivity index (χ2v) is 6.44. The van der Waals surface area contributed by atoms with Gasteiger partial charge in [0.2, 0.25) is 0 Å². The Kier molecular flexibility index (Phi) is 6.66. The van der Waals surface area contributed by atoms with Crippen LogP contribution in [0, 0.1) is 11.8 Å². The highest BCUT2D eigenvalue weighted by Gasteiger charge is 2.34. The third-order valence-electron chi connectivity index (χ3n) is 5.09. The number of ether oxygens (including phenoxy) is 2. The molecule has 2 aliphatic rings. The summed E-state index contributed by atoms with van der Waals surface area (Å²) in [5.74, 6) is 1.63. The first kappa shape index (κ1) is 15.3. The largest absolute Gasteiger partial charge is 0.373 e. The lowest BCUT2D eigenvalue weighted by Gasteiger charge is -2.40. The van der Waals surface area contributed by atoms with Crippen molar-refractivity contribution in [2.75, 3.05) is 13.2 Å². The van der Waals surface area contributed by atoms with Crippen molar-refractivity contribution in [3.8, 4) is 0 Å². The minimum absolute atomic E-state index is 0.367. The van der Waals surface area contributed by atoms with Crippen molar-refractivity contribution in [1.29, 1.82) is 0 Å². The molecule has 0 N–H and O–H groups in total. The van der Waals surface area contributed by atoms with Gasteiger partial charge in [0.15, 0.2) is 0 Å². The van der Waals surface area contributed by atoms with Crippen molar-refractivity contribution >= 4 is 0 Å². The van der Waals surface area contributed by atoms with Crippen molar-refractivity contribution < 1.29 is 9.47 Å². The summed E-state index contributed by atoms with van der Waals surface area (Å²) in [5.41, 5.74) is 0. The van der Waals surface area contributed by atoms with Crippen LogP contribution in [0.2, 0.25) is 0 Å². The zero-order valence-corrected chi connectivity index (χ0v) is 12.9. The molecule has 19 heavy (non-hydrogen) atoms. The van der Waals surface area contributed by atoms with Gasteiger partial charge in [-0.15, -0.1) is 0 Å². The predicted octanol–water partition coefficient (Wildman–Crippen LogP) is 4.57. The summed E-state index contributed by atoms with van der Waals surface area (Å²) in [7, 11) is 0. The maximum Gasteiger partial charge on any atom is 0.0840 e. The van der Waals surface area contributed by atoms with Gasteiger partial charge < -0.3 is 9.47 Å². The minimum Gasteiger partial charge on any atom is -0.373 e. The van der Waals surface area contributed by atoms with E-state index in [0.29, 0.717) is 12.2 Å². The van der Waals surface area contributed by atoms with E-state index < -0.39 is 0 Å². The van der Waals surface area contributed by atoms with E-state index in [1.807, 2.05) is 0 Å². The molecule has 2 nitrogen and oxygen atoms in total. The fourth-order valence-electron chi connectivity index (χ4n) is 3.83. The summed E-state index contributed by atoms with van der Waals surface area (Å²) in [6.45, 7) is 6.27. The molecule has 0 aromatic rings. The molecule has 0 amide bonds. The molecule has 0 aromatic heterocycles. The fraction of sp³-hybridized carbons (Fsp3) is 1.00. The lowest BCUT2D eigenvalue weighted by atomic mass is 9.75. The highest BCUT2D eigenvalue weighted by Crippen LogP contribution is 2.36. The van der Waals surface area contributed by atoms with Gasteiger partial charge in [-0.2, -0.15) is 0 Å². The Morgan fingerprint density at radius 1 is 0.947 bits per heavy atom. The van der Waals surface area contributed by atoms with E-state index in [2.05, 4.69) is 13.8 Å². The van der Waals surface area contributed by atoms with Gasteiger partial charge in [0.25, 0.3) is 0 Å². The van der Waals surface area contributed by atoms with Gasteiger partial charge in [0, 0.05) is 0 Å². The van der Waals surface area contributed by atoms with E-state index in [-0.39, 0.29) is 0 Å². The first-order valence-corrected chi connectivity index (χ1v) is 8.58. The maximum absolute atomic E-state index is 6.17. The SMILES string of the molecule is CCCCCC1COC(C2CCCCC2CC)CO1. The Labute approximate surface area is 119 Å². The fourth-order valence-corrected chi connectivity index (χ4v) is 3.83. The average Bonchev–Trinajstić information content (AvgIpc) is 2.48. The summed E-state index contributed by atoms with van der Waals surface area (Å²) in [6.07, 6.45) is 12.7. The molecular weight excluding hydrogens is 236 g/mol. The molecule has 4 atom stereocenters. The van der Waals surface area contributed by atoms with Crippen LogP contribution in [0.4, 0.5) is 0 Å². The molecule has 0 aromatic carbocycles. The Balaban J connectivity index is 1.72. The average molecular weight is 268 g/mol. The van der Waals surface area contributed by atoms with Crippen molar-refractivity contribution in [2.24, 2.45) is 11.8 Å². The van der Waals surface area contributed by atoms with Crippen LogP contribution in [-0.4, -0.2) is 25.4 Å². The number of rotatable bonds is 6. The predicted molar refractivity (Wildman–Crippen MR) is 79.4 cm³/mol. The Hall–Kier alpha value is -0.0800. The van der Waals surface area contributed by atoms with E-state index in [1.54, 1.807) is 0 Å². The van der Waals surface area contributed by atoms with E-state index in [9.17, 15) is 0 Å². The number of hydrogen-bond acceptors (Lipinski definition) is 2. The third-order valence-corrected chi connectivity index (χ3v) is 5.09. The van der Waals surface area contributed by atoms with Crippen molar-refractivity contribution in [1.82, 2.24) is 0 Å². The van der Waals surface area contributed by atoms with Crippen LogP contribution < -0.4 is 0 Å². The molecule has 4 unspecified atom stereocenters. The minimum atomic E-state index is 0.367. The molecule has 1 saturated carbocycles. The maximum atomic E-state index is 6.17. The lowest BCUT2D eigenvalue weighted by Crippen LogP contribution is -2.43. The van der Waals surface area contributed by atoms with E-state index >= 15 is 0 Å². The highest BCUT2D eigenvalue weighted by molar-refractivity contribution is 4.83. The van der Waals surface area contributed by atoms with Crippen molar-refractivity contribution in [3.63, 3.8) is 0 Å². The summed E-state index contributed by atoms with van der Waals surface area (Å²) >= 11 is 0. The number of hydrogen-bond donors (Lipinski definition) is 0. The Morgan fingerprint density at radius 3 is 2.47 bits per heavy atom. The van der Waals surface area contributed by atoms with Crippen LogP contribution in [0.25, 0.3) is 0 Å². The van der Waals surface area contributed by atoms with E-state index in [0.717, 1.165) is 25.0 Å². The van der Waals surface area contributed by atoms with Crippen molar-refractivity contribution in [3.05, 3.63) is 0 Å². The molecular formula is C17H32O2. The molecule has 0 radical (unpaired) electrons. The van der Waals surface area contributed by atoms with Gasteiger partial charge in [0.1, 0.15) is 0 Å². The van der Waals surface area contributed by atoms with Gasteiger partial charge in [-0.25, -0.2) is 0 Å². The van der Waals surface area contributed by atoms with E-state index in [1.165, 1.54) is 57.8 Å². The zero-order valence-electron chi connectivity index (χ0n) is 12.9. The van der Waals surface area contributed by atoms with Crippen LogP contribution in [0.15, 0.2) is 0 Å². The topological polar surface area (TPSA) is 18.5 Å². The van der Waals surface area contributed by atoms with Crippen LogP contribution >= 0.6 is 0 Å². The Bertz CT molecular complexity index is 233. The number of unbranched alkanes of at least 4 members (excludes halogenated alkanes) is 2. The summed E-state index contributed by atoms with van der Waals surface area (Å²) < 4.78 is 12.2. The molecule has 0 spiro atoms. The zero-order chi connectivity index (χ0) is 13.5. The molecule has 1 aliphatic carbocycles. The first-order valence-electron chi connectivity index (χ1n) is 8.58. The summed E-state index contributed by atoms with van der Waals surface area (Å²) in [5, 5.41) is 0. The van der Waals surface area contributed by atoms with Crippen LogP contribution in [-0.2, 0) is 9.47 Å². The normalized spacial score (nSPS) is 36.3. The summed E-state index contributed by atoms with van der Waals surface area (Å²) in [4.78, 5) is 0. The smallest absolute Gasteiger partial charge is 0.0840 e. The van der Waals surface area contributed by atoms with Crippen LogP contribution in [0.3, 0.4) is 0 Å². The molecule has 2 fully saturated rings. The highest BCUT2D eigenvalue weighted by atomic mass is 16.6. The van der Waals surface area contributed by atoms with Crippen LogP contribution in [0.5, 0.6) is 0 Å². The molecule has 0 bridgehead atoms. The van der Waals surface area contributed by atoms with Gasteiger partial charge in [-0.1, -0.05) is 58.8 Å². The molecule has 2 heteroatoms. The third kappa shape index (κ3) is 4.46. The molecule has 112 valence electrons. The second-order valence-electron chi connectivity index (χ2n) is 6.44. The Morgan fingerprint density at radius 2 is 1.79 bits per heavy atom. The molecule has 1 aliphatic heterocycles. The van der Waals surface area contributed by atoms with Gasteiger partial charge in [0.05, 0.1) is 25.4 Å². The first-order chi connectivity index (χ1) is 9.35. The molecule has 1 heterocycles. The van der Waals surface area contributed by atoms with Gasteiger partial charge >= 0.3 is 0 Å². The lowest BCUT2D eigenvalue weighted by molar-refractivity contribution is -0.163. The standard InChI is InChI=1S/C17H32O2/c1-3-5-6-10-15-12-19-17(13-18-15)16-11-8-7-9-14(16)4-2/h14-17H,3-13H2,1-2H3. The van der Waals surface area contributed by atoms with Crippen molar-refractivity contribution in [2.45, 2.75) is 83.8 Å². The second kappa shape index (κ2) is 8.26. The van der Waals surface area contributed by atoms with Gasteiger partial charge in [-0.3, -0.25) is 0 Å². The molecule has 1 saturated heterocycles. The monoisotopic (exact) mass is 268 g/mol.